The van der Waals surface area contributed by atoms with E-state index in [1.54, 1.807) is 38.9 Å². The van der Waals surface area contributed by atoms with Gasteiger partial charge < -0.3 is 4.90 Å². The van der Waals surface area contributed by atoms with E-state index in [0.717, 1.165) is 60.8 Å². The van der Waals surface area contributed by atoms with E-state index in [2.05, 4.69) is 171 Å². The van der Waals surface area contributed by atoms with Gasteiger partial charge in [-0.3, -0.25) is 9.69 Å². The first-order chi connectivity index (χ1) is 50.0. The van der Waals surface area contributed by atoms with Gasteiger partial charge in [-0.1, -0.05) is 282 Å². The molecule has 7 aromatic heterocycles. The number of aryl methyl sites for hydroxylation is 6. The van der Waals surface area contributed by atoms with E-state index < -0.39 is 0 Å². The van der Waals surface area contributed by atoms with Crippen LogP contribution in [0.1, 0.15) is 330 Å². The van der Waals surface area contributed by atoms with Gasteiger partial charge in [-0.25, -0.2) is 0 Å². The van der Waals surface area contributed by atoms with E-state index in [1.807, 2.05) is 29.6 Å². The zero-order valence-corrected chi connectivity index (χ0v) is 72.9. The van der Waals surface area contributed by atoms with Crippen LogP contribution in [-0.4, -0.2) is 44.0 Å². The van der Waals surface area contributed by atoms with Crippen molar-refractivity contribution in [3.63, 3.8) is 0 Å². The quantitative estimate of drug-likeness (QED) is 0.0214. The maximum atomic E-state index is 13.6. The van der Waals surface area contributed by atoms with Crippen LogP contribution in [-0.2, 0) is 43.3 Å². The molecule has 9 heterocycles. The third-order valence-electron chi connectivity index (χ3n) is 20.6. The average molecular weight is 1580 g/mol. The molecule has 2 aliphatic heterocycles. The topological polar surface area (TPSA) is 23.6 Å². The van der Waals surface area contributed by atoms with Crippen molar-refractivity contribution in [3.8, 4) is 58.5 Å². The largest absolute Gasteiger partial charge is 0.353 e. The number of hydrogen-bond donors (Lipinski definition) is 0. The van der Waals surface area contributed by atoms with Gasteiger partial charge >= 0.3 is 0 Å². The van der Waals surface area contributed by atoms with Crippen LogP contribution in [0.2, 0.25) is 0 Å². The van der Waals surface area contributed by atoms with Gasteiger partial charge in [0.05, 0.1) is 11.4 Å². The first-order valence-electron chi connectivity index (χ1n) is 40.8. The highest BCUT2D eigenvalue weighted by Gasteiger charge is 2.32. The number of nitrogens with zero attached hydrogens (tertiary/aromatic N) is 2. The summed E-state index contributed by atoms with van der Waals surface area (Å²) in [6, 6.07) is 20.7. The molecule has 0 aliphatic carbocycles. The third-order valence-corrected chi connectivity index (χ3v) is 32.6. The summed E-state index contributed by atoms with van der Waals surface area (Å²) in [6.07, 6.45) is 58.2. The van der Waals surface area contributed by atoms with Crippen molar-refractivity contribution in [2.24, 2.45) is 0 Å². The number of carbonyl (C=O) groups excluding carboxylic acids is 1. The number of amides is 1. The number of thioether (sulfide) groups is 2. The number of carbonyl (C=O) groups is 1. The molecule has 2 fully saturated rings. The lowest BCUT2D eigenvalue weighted by Crippen LogP contribution is -2.27. The fourth-order valence-electron chi connectivity index (χ4n) is 14.6. The molecule has 2 aliphatic rings. The zero-order chi connectivity index (χ0) is 71.8. The molecule has 102 heavy (non-hydrogen) atoms. The third kappa shape index (κ3) is 25.0. The summed E-state index contributed by atoms with van der Waals surface area (Å²) in [5, 5.41) is 0. The SMILES string of the molecule is CCCCCCCCc1cc(/C=C2\CN(CC)C(=S)S2)sc1-c1cc(CCCCCCCC)c(-c2cc(CCCCCCCC)c(-c3ccc(-c4sc(-c5sc(-c6sc(/C=C7/SC(=S)N(CC)C7=O)cc6CCCCCCCC)cc5CCCCCCCC)cc4CCCCCCCC)s3)s2)s1. The van der Waals surface area contributed by atoms with Gasteiger partial charge in [0.15, 0.2) is 0 Å². The minimum Gasteiger partial charge on any atom is -0.353 e. The summed E-state index contributed by atoms with van der Waals surface area (Å²) in [4.78, 5) is 40.1. The highest BCUT2D eigenvalue weighted by Crippen LogP contribution is 2.53. The van der Waals surface area contributed by atoms with Crippen LogP contribution in [0.4, 0.5) is 0 Å². The lowest BCUT2D eigenvalue weighted by molar-refractivity contribution is -0.122. The van der Waals surface area contributed by atoms with Crippen molar-refractivity contribution in [3.05, 3.63) is 101 Å². The smallest absolute Gasteiger partial charge is 0.266 e. The van der Waals surface area contributed by atoms with Crippen molar-refractivity contribution in [2.75, 3.05) is 19.6 Å². The Morgan fingerprint density at radius 3 is 0.922 bits per heavy atom. The Kier molecular flexibility index (Phi) is 37.8. The Morgan fingerprint density at radius 2 is 0.618 bits per heavy atom. The molecule has 0 saturated carbocycles. The maximum absolute atomic E-state index is 13.6. The maximum Gasteiger partial charge on any atom is 0.266 e. The molecule has 14 heteroatoms. The van der Waals surface area contributed by atoms with E-state index in [-0.39, 0.29) is 5.91 Å². The Hall–Kier alpha value is -2.47. The van der Waals surface area contributed by atoms with E-state index in [0.29, 0.717) is 10.9 Å². The summed E-state index contributed by atoms with van der Waals surface area (Å²) in [7, 11) is 0. The molecule has 0 radical (unpaired) electrons. The van der Waals surface area contributed by atoms with Crippen LogP contribution in [0.5, 0.6) is 0 Å². The number of thiocarbonyl (C=S) groups is 2. The number of unbranched alkanes of at least 4 members (excludes halogenated alkanes) is 30. The van der Waals surface area contributed by atoms with Gasteiger partial charge in [0.25, 0.3) is 5.91 Å². The molecule has 0 aromatic carbocycles. The van der Waals surface area contributed by atoms with Crippen LogP contribution in [0.25, 0.3) is 70.7 Å². The number of likely N-dealkylation sites (N-methyl/N-ethyl adjacent to an activating group) is 2. The zero-order valence-electron chi connectivity index (χ0n) is 63.9. The minimum absolute atomic E-state index is 0.0509. The van der Waals surface area contributed by atoms with Crippen LogP contribution < -0.4 is 0 Å². The monoisotopic (exact) mass is 1580 g/mol. The van der Waals surface area contributed by atoms with Crippen molar-refractivity contribution in [2.45, 2.75) is 325 Å². The van der Waals surface area contributed by atoms with Crippen LogP contribution in [0, 0.1) is 0 Å². The van der Waals surface area contributed by atoms with Gasteiger partial charge in [0, 0.05) is 86.3 Å². The molecule has 0 spiro atoms. The number of thiophene rings is 7. The summed E-state index contributed by atoms with van der Waals surface area (Å²) in [5.41, 5.74) is 9.21. The Morgan fingerprint density at radius 1 is 0.324 bits per heavy atom. The summed E-state index contributed by atoms with van der Waals surface area (Å²) in [5.74, 6) is 0.0509. The minimum atomic E-state index is 0.0509. The van der Waals surface area contributed by atoms with Crippen molar-refractivity contribution < 1.29 is 4.79 Å². The molecular formula is C88H124N2OS11. The van der Waals surface area contributed by atoms with Crippen LogP contribution in [0.3, 0.4) is 0 Å². The molecule has 1 amide bonds. The second-order valence-electron chi connectivity index (χ2n) is 29.1. The second-order valence-corrected chi connectivity index (χ2v) is 40.0. The molecule has 0 atom stereocenters. The average Bonchev–Trinajstić information content (AvgIpc) is 1.63. The van der Waals surface area contributed by atoms with E-state index in [9.17, 15) is 4.79 Å². The lowest BCUT2D eigenvalue weighted by atomic mass is 10.0. The molecule has 7 aromatic rings. The Bertz CT molecular complexity index is 3710. The first kappa shape index (κ1) is 83.6. The summed E-state index contributed by atoms with van der Waals surface area (Å²) < 4.78 is 1.69. The highest BCUT2D eigenvalue weighted by molar-refractivity contribution is 8.27. The van der Waals surface area contributed by atoms with Crippen molar-refractivity contribution >= 4 is 154 Å². The van der Waals surface area contributed by atoms with E-state index in [4.69, 9.17) is 24.4 Å². The molecule has 9 rings (SSSR count). The summed E-state index contributed by atoms with van der Waals surface area (Å²) >= 11 is 29.2. The standard InChI is InChI=1S/C88H124N2OS11/c1-9-17-23-29-35-41-47-64-55-70(61-72-63-89(15-7)87(92)96-72)94-82(64)75-59-68(51-45-39-33-27-21-13-5)84(100-75)77-57-66(49-43-37-31-25-19-11-3)80(98-77)73-53-54-74(97-73)81-67(50-44-38-32-26-20-12-4)58-78(99-81)85-69(52-46-40-34-28-22-14-6)60-76(101-85)83-65(48-42-36-30-24-18-10-2)56-71(95-83)62-79-86(91)90(16-8)88(93)102-79/h53-62H,9-52,63H2,1-8H3/b72-61+,79-62+. The van der Waals surface area contributed by atoms with Gasteiger partial charge in [-0.2, -0.15) is 0 Å². The fourth-order valence-corrected chi connectivity index (χ4v) is 26.6. The second kappa shape index (κ2) is 46.1. The first-order valence-corrected chi connectivity index (χ1v) is 49.0. The molecule has 0 unspecified atom stereocenters. The van der Waals surface area contributed by atoms with Gasteiger partial charge in [0.2, 0.25) is 0 Å². The summed E-state index contributed by atoms with van der Waals surface area (Å²) in [6.45, 7) is 20.8. The predicted octanol–water partition coefficient (Wildman–Crippen LogP) is 32.5. The van der Waals surface area contributed by atoms with Gasteiger partial charge in [-0.15, -0.1) is 79.4 Å². The van der Waals surface area contributed by atoms with Gasteiger partial charge in [-0.05, 0) is 185 Å². The predicted molar refractivity (Wildman–Crippen MR) is 478 cm³/mol. The molecule has 558 valence electrons. The number of rotatable bonds is 52. The highest BCUT2D eigenvalue weighted by atomic mass is 32.2. The number of hydrogen-bond acceptors (Lipinski definition) is 12. The normalized spacial score (nSPS) is 14.4. The fraction of sp³-hybridized carbons (Fsp3) is 0.602. The molecule has 2 saturated heterocycles. The Balaban J connectivity index is 1.11. The van der Waals surface area contributed by atoms with E-state index >= 15 is 0 Å². The van der Waals surface area contributed by atoms with Crippen molar-refractivity contribution in [1.82, 2.24) is 9.80 Å². The van der Waals surface area contributed by atoms with Gasteiger partial charge in [0.1, 0.15) is 8.64 Å². The molecular weight excluding hydrogens is 1450 g/mol. The van der Waals surface area contributed by atoms with Crippen LogP contribution >= 0.6 is 127 Å². The molecule has 3 nitrogen and oxygen atoms in total. The Labute approximate surface area is 666 Å². The lowest BCUT2D eigenvalue weighted by Gasteiger charge is -2.11. The van der Waals surface area contributed by atoms with Crippen molar-refractivity contribution in [1.29, 1.82) is 0 Å². The molecule has 0 bridgehead atoms. The van der Waals surface area contributed by atoms with Crippen LogP contribution in [0.15, 0.2) is 58.3 Å². The van der Waals surface area contributed by atoms with E-state index in [1.165, 1.54) is 327 Å². The molecule has 0 N–H and O–H groups in total.